The smallest absolute Gasteiger partial charge is 0.213 e. The van der Waals surface area contributed by atoms with E-state index in [1.807, 2.05) is 20.8 Å². The van der Waals surface area contributed by atoms with Crippen molar-refractivity contribution < 1.29 is 22.6 Å². The van der Waals surface area contributed by atoms with E-state index in [2.05, 4.69) is 25.1 Å². The Morgan fingerprint density at radius 3 is 2.57 bits per heavy atom. The highest BCUT2D eigenvalue weighted by molar-refractivity contribution is 7.91. The first kappa shape index (κ1) is 27.1. The summed E-state index contributed by atoms with van der Waals surface area (Å²) in [5, 5.41) is 7.69. The van der Waals surface area contributed by atoms with Crippen molar-refractivity contribution in [2.45, 2.75) is 76.4 Å². The second-order valence-corrected chi connectivity index (χ2v) is 11.8. The van der Waals surface area contributed by atoms with Gasteiger partial charge in [-0.3, -0.25) is 0 Å². The Balaban J connectivity index is 1.67. The zero-order chi connectivity index (χ0) is 26.6. The van der Waals surface area contributed by atoms with Gasteiger partial charge >= 0.3 is 0 Å². The van der Waals surface area contributed by atoms with Crippen LogP contribution in [-0.2, 0) is 31.6 Å². The van der Waals surface area contributed by atoms with Crippen LogP contribution in [0.4, 0.5) is 0 Å². The Kier molecular flexibility index (Phi) is 8.50. The molecule has 1 aliphatic rings. The number of pyridine rings is 1. The number of rotatable bonds is 11. The van der Waals surface area contributed by atoms with E-state index in [1.165, 1.54) is 7.11 Å². The predicted octanol–water partition coefficient (Wildman–Crippen LogP) is 3.10. The number of hydrogen-bond acceptors (Lipinski definition) is 10. The summed E-state index contributed by atoms with van der Waals surface area (Å²) in [6.07, 6.45) is 4.03. The fraction of sp³-hybridized carbons (Fsp3) is 0.560. The van der Waals surface area contributed by atoms with Crippen LogP contribution in [-0.4, -0.2) is 69.3 Å². The molecule has 11 nitrogen and oxygen atoms in total. The molecule has 37 heavy (non-hydrogen) atoms. The van der Waals surface area contributed by atoms with Crippen molar-refractivity contribution >= 4 is 9.84 Å². The van der Waals surface area contributed by atoms with E-state index in [0.29, 0.717) is 42.2 Å². The highest BCUT2D eigenvalue weighted by atomic mass is 32.2. The summed E-state index contributed by atoms with van der Waals surface area (Å²) in [5.74, 6) is 1.21. The maximum Gasteiger partial charge on any atom is 0.213 e. The molecule has 200 valence electrons. The van der Waals surface area contributed by atoms with E-state index >= 15 is 0 Å². The molecule has 0 saturated carbocycles. The summed E-state index contributed by atoms with van der Waals surface area (Å²) in [6.45, 7) is 8.30. The Labute approximate surface area is 217 Å². The second-order valence-electron chi connectivity index (χ2n) is 9.49. The summed E-state index contributed by atoms with van der Waals surface area (Å²) < 4.78 is 46.3. The van der Waals surface area contributed by atoms with Crippen LogP contribution in [0.5, 0.6) is 5.88 Å². The maximum absolute atomic E-state index is 13.7. The summed E-state index contributed by atoms with van der Waals surface area (Å²) in [5.41, 5.74) is 1.42. The van der Waals surface area contributed by atoms with Crippen molar-refractivity contribution in [2.75, 3.05) is 13.7 Å². The first-order valence-electron chi connectivity index (χ1n) is 12.4. The number of nitrogens with zero attached hydrogens (tertiary/aromatic N) is 6. The summed E-state index contributed by atoms with van der Waals surface area (Å²) >= 11 is 0. The van der Waals surface area contributed by atoms with Gasteiger partial charge in [0, 0.05) is 25.1 Å². The number of sulfone groups is 1. The van der Waals surface area contributed by atoms with Crippen molar-refractivity contribution in [2.24, 2.45) is 0 Å². The van der Waals surface area contributed by atoms with Crippen molar-refractivity contribution in [1.29, 1.82) is 0 Å². The summed E-state index contributed by atoms with van der Waals surface area (Å²) in [4.78, 5) is 13.2. The van der Waals surface area contributed by atoms with Gasteiger partial charge in [-0.1, -0.05) is 6.07 Å². The zero-order valence-corrected chi connectivity index (χ0v) is 22.7. The quantitative estimate of drug-likeness (QED) is 0.364. The number of aryl methyl sites for hydroxylation is 1. The minimum absolute atomic E-state index is 0.0581. The minimum Gasteiger partial charge on any atom is -0.481 e. The lowest BCUT2D eigenvalue weighted by atomic mass is 10.2. The van der Waals surface area contributed by atoms with Crippen LogP contribution < -0.4 is 4.74 Å². The summed E-state index contributed by atoms with van der Waals surface area (Å²) in [7, 11) is -2.23. The molecule has 0 unspecified atom stereocenters. The molecule has 0 aliphatic carbocycles. The molecule has 0 bridgehead atoms. The third kappa shape index (κ3) is 6.49. The number of aromatic nitrogens is 6. The average Bonchev–Trinajstić information content (AvgIpc) is 3.53. The monoisotopic (exact) mass is 530 g/mol. The molecular weight excluding hydrogens is 496 g/mol. The molecule has 0 spiro atoms. The van der Waals surface area contributed by atoms with Gasteiger partial charge < -0.3 is 18.8 Å². The molecule has 1 aliphatic heterocycles. The average molecular weight is 531 g/mol. The van der Waals surface area contributed by atoms with Crippen molar-refractivity contribution in [3.63, 3.8) is 0 Å². The normalized spacial score (nSPS) is 17.7. The van der Waals surface area contributed by atoms with Crippen LogP contribution in [0.1, 0.15) is 56.9 Å². The van der Waals surface area contributed by atoms with Gasteiger partial charge in [-0.05, 0) is 52.2 Å². The van der Waals surface area contributed by atoms with Gasteiger partial charge in [-0.2, -0.15) is 0 Å². The molecule has 12 heteroatoms. The highest BCUT2D eigenvalue weighted by Crippen LogP contribution is 2.29. The van der Waals surface area contributed by atoms with Crippen LogP contribution >= 0.6 is 0 Å². The van der Waals surface area contributed by atoms with E-state index in [1.54, 1.807) is 42.1 Å². The third-order valence-electron chi connectivity index (χ3n) is 6.20. The van der Waals surface area contributed by atoms with E-state index in [9.17, 15) is 8.42 Å². The van der Waals surface area contributed by atoms with Crippen LogP contribution in [0, 0.1) is 6.92 Å². The Hall–Kier alpha value is -2.96. The van der Waals surface area contributed by atoms with Crippen molar-refractivity contribution in [1.82, 2.24) is 29.7 Å². The lowest BCUT2D eigenvalue weighted by molar-refractivity contribution is 0.00140. The van der Waals surface area contributed by atoms with Gasteiger partial charge in [0.05, 0.1) is 31.1 Å². The molecule has 0 N–H and O–H groups in total. The largest absolute Gasteiger partial charge is 0.481 e. The first-order valence-corrected chi connectivity index (χ1v) is 14.1. The van der Waals surface area contributed by atoms with Gasteiger partial charge in [0.1, 0.15) is 23.4 Å². The van der Waals surface area contributed by atoms with Gasteiger partial charge in [0.25, 0.3) is 0 Å². The molecule has 0 radical (unpaired) electrons. The van der Waals surface area contributed by atoms with Crippen LogP contribution in [0.25, 0.3) is 11.5 Å². The van der Waals surface area contributed by atoms with Crippen molar-refractivity contribution in [3.8, 4) is 17.4 Å². The Morgan fingerprint density at radius 1 is 1.16 bits per heavy atom. The molecular formula is C25H34N6O5S. The van der Waals surface area contributed by atoms with E-state index in [4.69, 9.17) is 14.2 Å². The SMILES string of the molecule is COc1cccc(-c2nnc(CS(=O)(=O)[C@@H](C)[C@@H](OC(C)C)c3ncc(C)cn3)n2C[C@H]2CCCO2)n1. The van der Waals surface area contributed by atoms with Crippen molar-refractivity contribution in [3.05, 3.63) is 47.8 Å². The fourth-order valence-corrected chi connectivity index (χ4v) is 5.59. The topological polar surface area (TPSA) is 131 Å². The maximum atomic E-state index is 13.7. The molecule has 4 heterocycles. The van der Waals surface area contributed by atoms with E-state index in [0.717, 1.165) is 18.4 Å². The van der Waals surface area contributed by atoms with Gasteiger partial charge in [0.15, 0.2) is 21.5 Å². The molecule has 0 amide bonds. The molecule has 0 aromatic carbocycles. The predicted molar refractivity (Wildman–Crippen MR) is 137 cm³/mol. The lowest BCUT2D eigenvalue weighted by Crippen LogP contribution is -2.32. The van der Waals surface area contributed by atoms with Gasteiger partial charge in [0.2, 0.25) is 5.88 Å². The molecule has 4 rings (SSSR count). The molecule has 3 atom stereocenters. The minimum atomic E-state index is -3.77. The van der Waals surface area contributed by atoms with Crippen LogP contribution in [0.3, 0.4) is 0 Å². The number of methoxy groups -OCH3 is 1. The van der Waals surface area contributed by atoms with E-state index in [-0.39, 0.29) is 18.0 Å². The molecule has 3 aromatic rings. The van der Waals surface area contributed by atoms with Crippen LogP contribution in [0.15, 0.2) is 30.6 Å². The standard InChI is InChI=1S/C25H34N6O5S/c1-16(2)36-23(24-26-12-17(3)13-27-24)18(4)37(32,33)15-21-29-30-25(20-9-6-10-22(28-20)34-5)31(21)14-19-8-7-11-35-19/h6,9-10,12-13,16,18-19,23H,7-8,11,14-15H2,1-5H3/t18-,19+,23+/m0/s1. The molecule has 1 saturated heterocycles. The lowest BCUT2D eigenvalue weighted by Gasteiger charge is -2.25. The fourth-order valence-electron chi connectivity index (χ4n) is 4.19. The number of hydrogen-bond donors (Lipinski definition) is 0. The Morgan fingerprint density at radius 2 is 1.92 bits per heavy atom. The molecule has 1 fully saturated rings. The Bertz CT molecular complexity index is 1290. The van der Waals surface area contributed by atoms with Gasteiger partial charge in [-0.15, -0.1) is 10.2 Å². The molecule has 3 aromatic heterocycles. The zero-order valence-electron chi connectivity index (χ0n) is 21.9. The van der Waals surface area contributed by atoms with Gasteiger partial charge in [-0.25, -0.2) is 23.4 Å². The van der Waals surface area contributed by atoms with Crippen LogP contribution in [0.2, 0.25) is 0 Å². The second kappa shape index (κ2) is 11.6. The number of ether oxygens (including phenoxy) is 3. The third-order valence-corrected chi connectivity index (χ3v) is 8.24. The first-order chi connectivity index (χ1) is 17.7. The summed E-state index contributed by atoms with van der Waals surface area (Å²) in [6, 6.07) is 5.33. The highest BCUT2D eigenvalue weighted by Gasteiger charge is 2.36. The van der Waals surface area contributed by atoms with E-state index < -0.39 is 21.2 Å².